The number of likely N-dealkylation sites (tertiary alicyclic amines) is 1. The van der Waals surface area contributed by atoms with Gasteiger partial charge in [-0.05, 0) is 61.8 Å². The van der Waals surface area contributed by atoms with Crippen LogP contribution in [-0.4, -0.2) is 47.9 Å². The van der Waals surface area contributed by atoms with Gasteiger partial charge in [0.1, 0.15) is 6.04 Å². The summed E-state index contributed by atoms with van der Waals surface area (Å²) in [4.78, 5) is 27.8. The van der Waals surface area contributed by atoms with E-state index in [9.17, 15) is 9.59 Å². The lowest BCUT2D eigenvalue weighted by molar-refractivity contribution is -0.134. The molecule has 1 N–H and O–H groups in total. The maximum Gasteiger partial charge on any atom is 0.251 e. The predicted octanol–water partition coefficient (Wildman–Crippen LogP) is 4.25. The van der Waals surface area contributed by atoms with Crippen LogP contribution in [0.25, 0.3) is 0 Å². The first-order valence-electron chi connectivity index (χ1n) is 10.3. The van der Waals surface area contributed by atoms with E-state index in [1.165, 1.54) is 5.56 Å². The molecule has 0 radical (unpaired) electrons. The molecule has 1 saturated heterocycles. The third-order valence-electron chi connectivity index (χ3n) is 5.57. The molecule has 2 aromatic carbocycles. The number of thioether (sulfide) groups is 1. The summed E-state index contributed by atoms with van der Waals surface area (Å²) in [5.74, 6) is 1.22. The number of nitrogens with zero attached hydrogens (tertiary/aromatic N) is 1. The molecule has 1 heterocycles. The first kappa shape index (κ1) is 21.4. The molecule has 5 heteroatoms. The quantitative estimate of drug-likeness (QED) is 0.742. The van der Waals surface area contributed by atoms with Crippen molar-refractivity contribution in [2.24, 2.45) is 0 Å². The minimum absolute atomic E-state index is 0.0477. The Morgan fingerprint density at radius 1 is 1.10 bits per heavy atom. The molecular weight excluding hydrogens is 380 g/mol. The number of benzene rings is 2. The number of aryl methyl sites for hydroxylation is 1. The number of nitrogens with one attached hydrogen (secondary N) is 1. The monoisotopic (exact) mass is 410 g/mol. The van der Waals surface area contributed by atoms with Crippen LogP contribution in [0.15, 0.2) is 54.6 Å². The summed E-state index contributed by atoms with van der Waals surface area (Å²) < 4.78 is 0. The summed E-state index contributed by atoms with van der Waals surface area (Å²) in [7, 11) is 0. The molecule has 29 heavy (non-hydrogen) atoms. The number of piperidine rings is 1. The summed E-state index contributed by atoms with van der Waals surface area (Å²) in [5.41, 5.74) is 2.99. The highest BCUT2D eigenvalue weighted by atomic mass is 32.2. The highest BCUT2D eigenvalue weighted by molar-refractivity contribution is 7.98. The number of amides is 2. The fourth-order valence-electron chi connectivity index (χ4n) is 3.90. The van der Waals surface area contributed by atoms with Gasteiger partial charge < -0.3 is 10.2 Å². The second-order valence-corrected chi connectivity index (χ2v) is 8.67. The van der Waals surface area contributed by atoms with E-state index in [4.69, 9.17) is 0 Å². The van der Waals surface area contributed by atoms with Crippen molar-refractivity contribution in [3.63, 3.8) is 0 Å². The average molecular weight is 411 g/mol. The van der Waals surface area contributed by atoms with Gasteiger partial charge in [-0.2, -0.15) is 11.8 Å². The molecule has 1 aliphatic rings. The maximum absolute atomic E-state index is 13.2. The van der Waals surface area contributed by atoms with Crippen LogP contribution in [0.1, 0.15) is 46.7 Å². The zero-order valence-corrected chi connectivity index (χ0v) is 18.1. The Bertz CT molecular complexity index is 817. The van der Waals surface area contributed by atoms with Crippen molar-refractivity contribution in [1.82, 2.24) is 10.2 Å². The molecule has 2 amide bonds. The zero-order valence-electron chi connectivity index (χ0n) is 17.3. The van der Waals surface area contributed by atoms with Crippen molar-refractivity contribution >= 4 is 23.6 Å². The summed E-state index contributed by atoms with van der Waals surface area (Å²) in [5, 5.41) is 2.99. The molecule has 1 fully saturated rings. The lowest BCUT2D eigenvalue weighted by atomic mass is 9.89. The molecule has 2 aromatic rings. The van der Waals surface area contributed by atoms with Gasteiger partial charge in [-0.15, -0.1) is 0 Å². The normalized spacial score (nSPS) is 15.7. The van der Waals surface area contributed by atoms with Gasteiger partial charge in [0.2, 0.25) is 5.91 Å². The first-order valence-corrected chi connectivity index (χ1v) is 11.7. The largest absolute Gasteiger partial charge is 0.341 e. The van der Waals surface area contributed by atoms with E-state index in [2.05, 4.69) is 29.6 Å². The third-order valence-corrected chi connectivity index (χ3v) is 6.22. The fourth-order valence-corrected chi connectivity index (χ4v) is 4.37. The molecule has 0 aliphatic carbocycles. The van der Waals surface area contributed by atoms with Gasteiger partial charge in [0.15, 0.2) is 0 Å². The SMILES string of the molecule is CSCCC(NC(=O)c1cccc(C)c1)C(=O)N1CCC(c2ccccc2)CC1. The minimum atomic E-state index is -0.469. The topological polar surface area (TPSA) is 49.4 Å². The Morgan fingerprint density at radius 3 is 2.48 bits per heavy atom. The summed E-state index contributed by atoms with van der Waals surface area (Å²) in [6, 6.07) is 17.6. The van der Waals surface area contributed by atoms with Gasteiger partial charge in [0, 0.05) is 18.7 Å². The molecule has 0 spiro atoms. The lowest BCUT2D eigenvalue weighted by Gasteiger charge is -2.34. The Hall–Kier alpha value is -2.27. The lowest BCUT2D eigenvalue weighted by Crippen LogP contribution is -2.50. The molecule has 0 bridgehead atoms. The Kier molecular flexibility index (Phi) is 7.76. The highest BCUT2D eigenvalue weighted by Crippen LogP contribution is 2.28. The highest BCUT2D eigenvalue weighted by Gasteiger charge is 2.29. The van der Waals surface area contributed by atoms with Crippen molar-refractivity contribution < 1.29 is 9.59 Å². The van der Waals surface area contributed by atoms with Crippen LogP contribution in [0.5, 0.6) is 0 Å². The van der Waals surface area contributed by atoms with Crippen LogP contribution in [0.3, 0.4) is 0 Å². The molecular formula is C24H30N2O2S. The number of hydrogen-bond acceptors (Lipinski definition) is 3. The number of carbonyl (C=O) groups is 2. The van der Waals surface area contributed by atoms with Gasteiger partial charge >= 0.3 is 0 Å². The standard InChI is InChI=1S/C24H30N2O2S/c1-18-7-6-10-21(17-18)23(27)25-22(13-16-29-2)24(28)26-14-11-20(12-15-26)19-8-4-3-5-9-19/h3-10,17,20,22H,11-16H2,1-2H3,(H,25,27). The number of rotatable bonds is 7. The van der Waals surface area contributed by atoms with Crippen LogP contribution in [0, 0.1) is 6.92 Å². The summed E-state index contributed by atoms with van der Waals surface area (Å²) in [6.07, 6.45) is 4.61. The van der Waals surface area contributed by atoms with E-state index < -0.39 is 6.04 Å². The second-order valence-electron chi connectivity index (χ2n) is 7.69. The summed E-state index contributed by atoms with van der Waals surface area (Å²) >= 11 is 1.69. The molecule has 1 atom stereocenters. The van der Waals surface area contributed by atoms with Crippen molar-refractivity contribution in [3.05, 3.63) is 71.3 Å². The molecule has 1 aliphatic heterocycles. The van der Waals surface area contributed by atoms with Gasteiger partial charge in [-0.25, -0.2) is 0 Å². The minimum Gasteiger partial charge on any atom is -0.341 e. The molecule has 154 valence electrons. The molecule has 4 nitrogen and oxygen atoms in total. The van der Waals surface area contributed by atoms with Crippen molar-refractivity contribution in [1.29, 1.82) is 0 Å². The predicted molar refractivity (Wildman–Crippen MR) is 120 cm³/mol. The molecule has 1 unspecified atom stereocenters. The van der Waals surface area contributed by atoms with E-state index >= 15 is 0 Å². The molecule has 0 saturated carbocycles. The number of carbonyl (C=O) groups excluding carboxylic acids is 2. The van der Waals surface area contributed by atoms with E-state index in [0.717, 1.165) is 37.2 Å². The zero-order chi connectivity index (χ0) is 20.6. The first-order chi connectivity index (χ1) is 14.1. The van der Waals surface area contributed by atoms with Crippen molar-refractivity contribution in [2.75, 3.05) is 25.1 Å². The Labute approximate surface area is 178 Å². The van der Waals surface area contributed by atoms with Crippen molar-refractivity contribution in [2.45, 2.75) is 38.1 Å². The molecule has 3 rings (SSSR count). The average Bonchev–Trinajstić information content (AvgIpc) is 2.76. The van der Waals surface area contributed by atoms with Crippen LogP contribution >= 0.6 is 11.8 Å². The molecule has 0 aromatic heterocycles. The summed E-state index contributed by atoms with van der Waals surface area (Å²) in [6.45, 7) is 3.45. The Morgan fingerprint density at radius 2 is 1.83 bits per heavy atom. The van der Waals surface area contributed by atoms with Gasteiger partial charge in [0.05, 0.1) is 0 Å². The smallest absolute Gasteiger partial charge is 0.251 e. The van der Waals surface area contributed by atoms with Crippen LogP contribution in [0.2, 0.25) is 0 Å². The van der Waals surface area contributed by atoms with Gasteiger partial charge in [0.25, 0.3) is 5.91 Å². The van der Waals surface area contributed by atoms with Crippen LogP contribution in [0.4, 0.5) is 0 Å². The van der Waals surface area contributed by atoms with Crippen LogP contribution < -0.4 is 5.32 Å². The van der Waals surface area contributed by atoms with E-state index in [0.29, 0.717) is 17.9 Å². The fraction of sp³-hybridized carbons (Fsp3) is 0.417. The maximum atomic E-state index is 13.2. The van der Waals surface area contributed by atoms with Crippen molar-refractivity contribution in [3.8, 4) is 0 Å². The van der Waals surface area contributed by atoms with E-state index in [1.807, 2.05) is 42.3 Å². The number of hydrogen-bond donors (Lipinski definition) is 1. The second kappa shape index (κ2) is 10.5. The van der Waals surface area contributed by atoms with E-state index in [1.54, 1.807) is 17.8 Å². The van der Waals surface area contributed by atoms with Gasteiger partial charge in [-0.1, -0.05) is 48.0 Å². The van der Waals surface area contributed by atoms with Gasteiger partial charge in [-0.3, -0.25) is 9.59 Å². The third kappa shape index (κ3) is 5.86. The Balaban J connectivity index is 1.62. The van der Waals surface area contributed by atoms with Crippen LogP contribution in [-0.2, 0) is 4.79 Å². The van der Waals surface area contributed by atoms with E-state index in [-0.39, 0.29) is 11.8 Å².